The zero-order chi connectivity index (χ0) is 38.6. The van der Waals surface area contributed by atoms with E-state index >= 15 is 17.6 Å². The number of rotatable bonds is 12. The number of nitrogens with one attached hydrogen (secondary N) is 2. The minimum Gasteiger partial charge on any atom is -0.486 e. The summed E-state index contributed by atoms with van der Waals surface area (Å²) in [6, 6.07) is 9.95. The van der Waals surface area contributed by atoms with Crippen molar-refractivity contribution < 1.29 is 31.8 Å². The lowest BCUT2D eigenvalue weighted by molar-refractivity contribution is -0.137. The van der Waals surface area contributed by atoms with Crippen molar-refractivity contribution in [1.29, 1.82) is 0 Å². The molecule has 0 aliphatic carbocycles. The van der Waals surface area contributed by atoms with Gasteiger partial charge in [0, 0.05) is 59.7 Å². The predicted molar refractivity (Wildman–Crippen MR) is 199 cm³/mol. The van der Waals surface area contributed by atoms with Crippen LogP contribution in [0.15, 0.2) is 48.8 Å². The molecule has 0 spiro atoms. The highest BCUT2D eigenvalue weighted by Crippen LogP contribution is 2.51. The van der Waals surface area contributed by atoms with Gasteiger partial charge < -0.3 is 24.4 Å². The number of aromatic amines is 1. The second kappa shape index (κ2) is 14.4. The lowest BCUT2D eigenvalue weighted by atomic mass is 9.90. The van der Waals surface area contributed by atoms with Crippen molar-refractivity contribution in [2.24, 2.45) is 5.92 Å². The molecule has 6 aromatic rings. The molecule has 12 nitrogen and oxygen atoms in total. The van der Waals surface area contributed by atoms with E-state index < -0.39 is 17.6 Å². The van der Waals surface area contributed by atoms with Gasteiger partial charge in [-0.2, -0.15) is 28.2 Å². The number of H-pyrrole nitrogens is 1. The number of alkyl halides is 3. The average Bonchev–Trinajstić information content (AvgIpc) is 4.00. The van der Waals surface area contributed by atoms with Gasteiger partial charge >= 0.3 is 12.2 Å². The number of benzene rings is 3. The number of fused-ring (bicyclic) bond motifs is 4. The third-order valence-electron chi connectivity index (χ3n) is 10.8. The number of ether oxygens (including phenoxy) is 3. The first-order valence-electron chi connectivity index (χ1n) is 18.3. The third kappa shape index (κ3) is 6.81. The van der Waals surface area contributed by atoms with Crippen molar-refractivity contribution >= 4 is 27.6 Å². The minimum absolute atomic E-state index is 0.00144. The number of halogens is 4. The van der Waals surface area contributed by atoms with Gasteiger partial charge in [-0.3, -0.25) is 5.10 Å². The van der Waals surface area contributed by atoms with Gasteiger partial charge in [-0.1, -0.05) is 43.3 Å². The number of nitrogens with zero attached hydrogens (tertiary/aromatic N) is 7. The molecule has 0 amide bonds. The molecule has 3 aromatic carbocycles. The van der Waals surface area contributed by atoms with Crippen LogP contribution in [-0.4, -0.2) is 80.7 Å². The average molecular weight is 760 g/mol. The molecule has 2 saturated heterocycles. The Bertz CT molecular complexity index is 2360. The number of methoxy groups -OCH3 is 1. The number of piperazine rings is 1. The van der Waals surface area contributed by atoms with Gasteiger partial charge in [-0.05, 0) is 49.4 Å². The number of aromatic nitrogens is 7. The second-order valence-electron chi connectivity index (χ2n) is 14.6. The molecular formula is C39H41F4N9O3. The molecule has 16 heteroatoms. The Morgan fingerprint density at radius 2 is 1.80 bits per heavy atom. The smallest absolute Gasteiger partial charge is 0.417 e. The molecule has 3 aromatic heterocycles. The van der Waals surface area contributed by atoms with Crippen LogP contribution in [0.25, 0.3) is 44.2 Å². The summed E-state index contributed by atoms with van der Waals surface area (Å²) in [6.07, 6.45) is -0.788. The summed E-state index contributed by atoms with van der Waals surface area (Å²) in [5, 5.41) is 19.3. The van der Waals surface area contributed by atoms with Crippen LogP contribution in [0.2, 0.25) is 0 Å². The highest BCUT2D eigenvalue weighted by atomic mass is 19.4. The molecule has 3 unspecified atom stereocenters. The van der Waals surface area contributed by atoms with Crippen LogP contribution in [-0.2, 0) is 17.5 Å². The van der Waals surface area contributed by atoms with Gasteiger partial charge in [0.15, 0.2) is 5.75 Å². The molecular weight excluding hydrogens is 718 g/mol. The van der Waals surface area contributed by atoms with Gasteiger partial charge in [-0.25, -0.2) is 9.07 Å². The molecule has 55 heavy (non-hydrogen) atoms. The SMILES string of the molecule is COCCOc1nc(N2CC3CC2CN3)c2cc(C(F)(F)F)c(-c3c(C)c(F)cc4[nH]ncc34)c(OCc3ccc(-c4cn(C(C)C(C)C)nn4)cc3)c2n1. The Kier molecular flexibility index (Phi) is 9.57. The van der Waals surface area contributed by atoms with Crippen LogP contribution in [0.3, 0.4) is 0 Å². The van der Waals surface area contributed by atoms with Crippen molar-refractivity contribution in [2.75, 3.05) is 38.3 Å². The summed E-state index contributed by atoms with van der Waals surface area (Å²) in [4.78, 5) is 11.4. The predicted octanol–water partition coefficient (Wildman–Crippen LogP) is 7.27. The highest BCUT2D eigenvalue weighted by molar-refractivity contribution is 6.06. The zero-order valence-electron chi connectivity index (χ0n) is 31.0. The van der Waals surface area contributed by atoms with Crippen LogP contribution >= 0.6 is 0 Å². The van der Waals surface area contributed by atoms with Gasteiger partial charge in [0.25, 0.3) is 0 Å². The standard InChI is InChI=1S/C39H41F4N9O3/c1-20(2)22(4)52-18-32(49-50-52)24-8-6-23(7-9-24)19-55-36-34(33-21(3)30(40)14-31-28(33)16-45-48-31)29(39(41,42)43)13-27-35(36)46-38(54-11-10-53-5)47-37(27)51-17-25-12-26(51)15-44-25/h6-9,13-14,16,18,20,22,25-26,44H,10-12,15,17,19H2,1-5H3,(H,45,48). The Balaban J connectivity index is 1.30. The van der Waals surface area contributed by atoms with E-state index in [-0.39, 0.29) is 82.8 Å². The lowest BCUT2D eigenvalue weighted by Crippen LogP contribution is -2.44. The summed E-state index contributed by atoms with van der Waals surface area (Å²) in [6.45, 7) is 9.16. The van der Waals surface area contributed by atoms with Crippen LogP contribution in [0.1, 0.15) is 49.9 Å². The van der Waals surface area contributed by atoms with E-state index in [9.17, 15) is 0 Å². The van der Waals surface area contributed by atoms with Crippen LogP contribution < -0.4 is 19.7 Å². The van der Waals surface area contributed by atoms with Crippen molar-refractivity contribution in [3.63, 3.8) is 0 Å². The summed E-state index contributed by atoms with van der Waals surface area (Å²) < 4.78 is 81.6. The molecule has 2 bridgehead atoms. The molecule has 3 atom stereocenters. The summed E-state index contributed by atoms with van der Waals surface area (Å²) in [7, 11) is 1.53. The first kappa shape index (κ1) is 36.6. The fourth-order valence-electron chi connectivity index (χ4n) is 7.46. The zero-order valence-corrected chi connectivity index (χ0v) is 31.0. The van der Waals surface area contributed by atoms with Crippen molar-refractivity contribution in [1.82, 2.24) is 40.5 Å². The maximum absolute atomic E-state index is 15.6. The van der Waals surface area contributed by atoms with Gasteiger partial charge in [-0.15, -0.1) is 5.10 Å². The van der Waals surface area contributed by atoms with Crippen LogP contribution in [0, 0.1) is 18.7 Å². The van der Waals surface area contributed by atoms with E-state index in [1.165, 1.54) is 26.3 Å². The molecule has 2 aliphatic rings. The molecule has 0 radical (unpaired) electrons. The molecule has 288 valence electrons. The quantitative estimate of drug-likeness (QED) is 0.0972. The lowest BCUT2D eigenvalue weighted by Gasteiger charge is -2.30. The third-order valence-corrected chi connectivity index (χ3v) is 10.8. The number of hydrogen-bond donors (Lipinski definition) is 2. The first-order chi connectivity index (χ1) is 26.4. The van der Waals surface area contributed by atoms with Gasteiger partial charge in [0.1, 0.15) is 36.1 Å². The van der Waals surface area contributed by atoms with Crippen LogP contribution in [0.5, 0.6) is 11.8 Å². The minimum atomic E-state index is -4.89. The summed E-state index contributed by atoms with van der Waals surface area (Å²) >= 11 is 0. The molecule has 0 saturated carbocycles. The normalized spacial score (nSPS) is 17.6. The van der Waals surface area contributed by atoms with E-state index in [0.717, 1.165) is 18.1 Å². The maximum atomic E-state index is 15.6. The second-order valence-corrected chi connectivity index (χ2v) is 14.6. The molecule has 5 heterocycles. The van der Waals surface area contributed by atoms with Gasteiger partial charge in [0.05, 0.1) is 36.1 Å². The Morgan fingerprint density at radius 1 is 1.00 bits per heavy atom. The first-order valence-corrected chi connectivity index (χ1v) is 18.3. The highest BCUT2D eigenvalue weighted by Gasteiger charge is 2.42. The van der Waals surface area contributed by atoms with Crippen molar-refractivity contribution in [3.05, 3.63) is 71.3 Å². The summed E-state index contributed by atoms with van der Waals surface area (Å²) in [5.41, 5.74) is 1.14. The van der Waals surface area contributed by atoms with Crippen molar-refractivity contribution in [3.8, 4) is 34.1 Å². The number of hydrogen-bond acceptors (Lipinski definition) is 10. The van der Waals surface area contributed by atoms with E-state index in [1.54, 1.807) is 0 Å². The topological polar surface area (TPSA) is 128 Å². The van der Waals surface area contributed by atoms with E-state index in [1.807, 2.05) is 40.0 Å². The van der Waals surface area contributed by atoms with E-state index in [4.69, 9.17) is 24.2 Å². The monoisotopic (exact) mass is 759 g/mol. The van der Waals surface area contributed by atoms with Gasteiger partial charge in [0.2, 0.25) is 0 Å². The van der Waals surface area contributed by atoms with E-state index in [2.05, 4.69) is 46.6 Å². The Morgan fingerprint density at radius 3 is 2.49 bits per heavy atom. The molecule has 8 rings (SSSR count). The largest absolute Gasteiger partial charge is 0.486 e. The molecule has 2 fully saturated rings. The van der Waals surface area contributed by atoms with Crippen molar-refractivity contribution in [2.45, 2.75) is 65.0 Å². The van der Waals surface area contributed by atoms with E-state index in [0.29, 0.717) is 41.5 Å². The fraction of sp³-hybridized carbons (Fsp3) is 0.410. The Labute approximate surface area is 314 Å². The Hall–Kier alpha value is -5.35. The maximum Gasteiger partial charge on any atom is 0.417 e. The molecule has 2 N–H and O–H groups in total. The summed E-state index contributed by atoms with van der Waals surface area (Å²) in [5.74, 6) is -0.211. The fourth-order valence-corrected chi connectivity index (χ4v) is 7.46. The van der Waals surface area contributed by atoms with Crippen LogP contribution in [0.4, 0.5) is 23.4 Å². The molecule has 2 aliphatic heterocycles. The number of anilines is 1.